The minimum absolute atomic E-state index is 0.249. The largest absolute Gasteiger partial charge is 0.437 e. The van der Waals surface area contributed by atoms with E-state index in [2.05, 4.69) is 14.5 Å². The molecule has 0 radical (unpaired) electrons. The van der Waals surface area contributed by atoms with E-state index in [1.54, 1.807) is 0 Å². The summed E-state index contributed by atoms with van der Waals surface area (Å²) in [5.41, 5.74) is 0.257. The van der Waals surface area contributed by atoms with Gasteiger partial charge in [0.1, 0.15) is 0 Å². The highest BCUT2D eigenvalue weighted by Crippen LogP contribution is 2.41. The summed E-state index contributed by atoms with van der Waals surface area (Å²) in [7, 11) is 0. The number of amides is 1. The van der Waals surface area contributed by atoms with Crippen LogP contribution in [0.3, 0.4) is 0 Å². The molecular weight excluding hydrogens is 526 g/mol. The van der Waals surface area contributed by atoms with Gasteiger partial charge in [-0.05, 0) is 75.8 Å². The van der Waals surface area contributed by atoms with Gasteiger partial charge in [-0.15, -0.1) is 0 Å². The maximum absolute atomic E-state index is 13.9. The number of hydrogen-bond acceptors (Lipinski definition) is 5. The lowest BCUT2D eigenvalue weighted by Crippen LogP contribution is -2.53. The van der Waals surface area contributed by atoms with Crippen LogP contribution in [0.15, 0.2) is 18.2 Å². The molecule has 3 aliphatic heterocycles. The summed E-state index contributed by atoms with van der Waals surface area (Å²) in [6.07, 6.45) is -7.04. The van der Waals surface area contributed by atoms with Crippen LogP contribution in [0.5, 0.6) is 0 Å². The van der Waals surface area contributed by atoms with Crippen LogP contribution < -0.4 is 4.90 Å². The molecule has 1 amide bonds. The maximum atomic E-state index is 13.9. The molecule has 218 valence electrons. The highest BCUT2D eigenvalue weighted by atomic mass is 19.4. The summed E-state index contributed by atoms with van der Waals surface area (Å²) in [6.45, 7) is 5.48. The first-order valence-corrected chi connectivity index (χ1v) is 13.8. The summed E-state index contributed by atoms with van der Waals surface area (Å²) >= 11 is 0. The lowest BCUT2D eigenvalue weighted by atomic mass is 9.84. The van der Waals surface area contributed by atoms with Gasteiger partial charge >= 0.3 is 18.4 Å². The number of rotatable bonds is 5. The fraction of sp³-hybridized carbons (Fsp3) is 0.741. The fourth-order valence-corrected chi connectivity index (χ4v) is 6.32. The molecule has 39 heavy (non-hydrogen) atoms. The van der Waals surface area contributed by atoms with Crippen molar-refractivity contribution in [3.05, 3.63) is 29.3 Å². The Balaban J connectivity index is 1.26. The zero-order valence-electron chi connectivity index (χ0n) is 22.2. The molecule has 6 nitrogen and oxygen atoms in total. The number of halogens is 6. The fourth-order valence-electron chi connectivity index (χ4n) is 6.32. The molecule has 5 rings (SSSR count). The number of likely N-dealkylation sites (tertiary alicyclic amines) is 2. The first-order chi connectivity index (χ1) is 18.3. The van der Waals surface area contributed by atoms with Crippen LogP contribution in [-0.4, -0.2) is 90.5 Å². The number of carbonyl (C=O) groups excluding carboxylic acids is 1. The van der Waals surface area contributed by atoms with Gasteiger partial charge < -0.3 is 14.5 Å². The number of ether oxygens (including phenoxy) is 1. The van der Waals surface area contributed by atoms with Crippen molar-refractivity contribution in [1.29, 1.82) is 0 Å². The van der Waals surface area contributed by atoms with Crippen LogP contribution in [-0.2, 0) is 17.5 Å². The van der Waals surface area contributed by atoms with E-state index in [-0.39, 0.29) is 18.6 Å². The summed E-state index contributed by atoms with van der Waals surface area (Å²) in [6, 6.07) is 5.00. The van der Waals surface area contributed by atoms with E-state index in [0.29, 0.717) is 49.8 Å². The third-order valence-electron chi connectivity index (χ3n) is 8.85. The lowest BCUT2D eigenvalue weighted by molar-refractivity contribution is -0.200. The molecule has 4 fully saturated rings. The van der Waals surface area contributed by atoms with E-state index in [1.807, 2.05) is 11.0 Å². The van der Waals surface area contributed by atoms with Crippen LogP contribution in [0, 0.1) is 0 Å². The molecule has 1 aliphatic carbocycles. The van der Waals surface area contributed by atoms with Gasteiger partial charge in [0.05, 0.1) is 5.56 Å². The minimum Gasteiger partial charge on any atom is -0.437 e. The molecule has 1 atom stereocenters. The van der Waals surface area contributed by atoms with Crippen molar-refractivity contribution in [3.63, 3.8) is 0 Å². The van der Waals surface area contributed by atoms with Crippen molar-refractivity contribution in [2.75, 3.05) is 50.7 Å². The Morgan fingerprint density at radius 3 is 2.21 bits per heavy atom. The normalized spacial score (nSPS) is 23.9. The number of nitrogens with zero attached hydrogens (tertiary/aromatic N) is 4. The quantitative estimate of drug-likeness (QED) is 0.443. The van der Waals surface area contributed by atoms with Crippen LogP contribution >= 0.6 is 0 Å². The van der Waals surface area contributed by atoms with Gasteiger partial charge in [-0.1, -0.05) is 0 Å². The van der Waals surface area contributed by atoms with E-state index in [4.69, 9.17) is 0 Å². The Bertz CT molecular complexity index is 1030. The Morgan fingerprint density at radius 2 is 1.62 bits per heavy atom. The van der Waals surface area contributed by atoms with E-state index >= 15 is 0 Å². The molecule has 4 aliphatic rings. The summed E-state index contributed by atoms with van der Waals surface area (Å²) < 4.78 is 84.6. The van der Waals surface area contributed by atoms with Crippen molar-refractivity contribution < 1.29 is 35.9 Å². The first kappa shape index (κ1) is 28.3. The molecule has 1 aromatic carbocycles. The number of piperidine rings is 1. The van der Waals surface area contributed by atoms with Gasteiger partial charge in [0.2, 0.25) is 0 Å². The van der Waals surface area contributed by atoms with Gasteiger partial charge in [0.25, 0.3) is 0 Å². The summed E-state index contributed by atoms with van der Waals surface area (Å²) in [4.78, 5) is 20.3. The van der Waals surface area contributed by atoms with E-state index in [1.165, 1.54) is 29.9 Å². The Hall–Kier alpha value is -2.21. The standard InChI is InChI=1S/C27H36F6N4O2/c1-19(26(28,29)30)39-24(38)36-9-6-25(7-10-36)5-2-8-37(25)18-20-15-21(27(31,32)33)17-23(16-20)35-13-11-34(12-14-35)22-3-4-22/h15-17,19,22H,2-14,18H2,1H3. The van der Waals surface area contributed by atoms with Crippen LogP contribution in [0.4, 0.5) is 36.8 Å². The zero-order chi connectivity index (χ0) is 28.0. The lowest BCUT2D eigenvalue weighted by Gasteiger charge is -2.45. The van der Waals surface area contributed by atoms with Crippen molar-refractivity contribution in [2.45, 2.75) is 82.0 Å². The van der Waals surface area contributed by atoms with E-state index < -0.39 is 30.1 Å². The van der Waals surface area contributed by atoms with Gasteiger partial charge in [0, 0.05) is 63.1 Å². The third-order valence-corrected chi connectivity index (χ3v) is 8.85. The molecule has 1 aromatic rings. The molecule has 1 spiro atoms. The second kappa shape index (κ2) is 10.6. The van der Waals surface area contributed by atoms with Crippen LogP contribution in [0.2, 0.25) is 0 Å². The number of alkyl halides is 6. The molecular formula is C27H36F6N4O2. The maximum Gasteiger partial charge on any atom is 0.425 e. The van der Waals surface area contributed by atoms with Gasteiger partial charge in [-0.3, -0.25) is 9.80 Å². The van der Waals surface area contributed by atoms with Gasteiger partial charge in [0.15, 0.2) is 6.10 Å². The molecule has 0 N–H and O–H groups in total. The predicted octanol–water partition coefficient (Wildman–Crippen LogP) is 5.51. The van der Waals surface area contributed by atoms with E-state index in [9.17, 15) is 31.1 Å². The molecule has 0 aromatic heterocycles. The molecule has 1 saturated carbocycles. The second-order valence-electron chi connectivity index (χ2n) is 11.4. The molecule has 3 saturated heterocycles. The van der Waals surface area contributed by atoms with Crippen molar-refractivity contribution in [3.8, 4) is 0 Å². The average molecular weight is 563 g/mol. The minimum atomic E-state index is -4.62. The molecule has 1 unspecified atom stereocenters. The van der Waals surface area contributed by atoms with E-state index in [0.717, 1.165) is 39.4 Å². The Kier molecular flexibility index (Phi) is 7.73. The average Bonchev–Trinajstić information content (AvgIpc) is 3.67. The predicted molar refractivity (Wildman–Crippen MR) is 133 cm³/mol. The number of carbonyl (C=O) groups is 1. The smallest absolute Gasteiger partial charge is 0.425 e. The number of benzene rings is 1. The van der Waals surface area contributed by atoms with Gasteiger partial charge in [-0.25, -0.2) is 4.79 Å². The highest BCUT2D eigenvalue weighted by molar-refractivity contribution is 5.68. The van der Waals surface area contributed by atoms with Crippen molar-refractivity contribution in [1.82, 2.24) is 14.7 Å². The Morgan fingerprint density at radius 1 is 0.949 bits per heavy atom. The van der Waals surface area contributed by atoms with Crippen LogP contribution in [0.25, 0.3) is 0 Å². The van der Waals surface area contributed by atoms with Crippen molar-refractivity contribution in [2.24, 2.45) is 0 Å². The number of anilines is 1. The highest BCUT2D eigenvalue weighted by Gasteiger charge is 2.45. The number of piperazine rings is 1. The Labute approximate surface area is 224 Å². The monoisotopic (exact) mass is 562 g/mol. The topological polar surface area (TPSA) is 39.3 Å². The molecule has 12 heteroatoms. The van der Waals surface area contributed by atoms with Gasteiger partial charge in [-0.2, -0.15) is 26.3 Å². The number of hydrogen-bond donors (Lipinski definition) is 0. The SMILES string of the molecule is CC(OC(=O)N1CCC2(CCCN2Cc2cc(N3CCN(C4CC4)CC3)cc(C(F)(F)F)c2)CC1)C(F)(F)F. The molecule has 0 bridgehead atoms. The third kappa shape index (κ3) is 6.42. The summed E-state index contributed by atoms with van der Waals surface area (Å²) in [5.74, 6) is 0. The zero-order valence-corrected chi connectivity index (χ0v) is 22.2. The van der Waals surface area contributed by atoms with Crippen molar-refractivity contribution >= 4 is 11.8 Å². The van der Waals surface area contributed by atoms with Crippen LogP contribution in [0.1, 0.15) is 56.6 Å². The first-order valence-electron chi connectivity index (χ1n) is 13.8. The molecule has 3 heterocycles. The second-order valence-corrected chi connectivity index (χ2v) is 11.4. The summed E-state index contributed by atoms with van der Waals surface area (Å²) in [5, 5.41) is 0.